The Bertz CT molecular complexity index is 933. The van der Waals surface area contributed by atoms with Gasteiger partial charge in [-0.05, 0) is 36.8 Å². The van der Waals surface area contributed by atoms with Crippen LogP contribution in [0.3, 0.4) is 0 Å². The molecule has 1 atom stereocenters. The van der Waals surface area contributed by atoms with Crippen molar-refractivity contribution in [1.82, 2.24) is 14.5 Å². The third kappa shape index (κ3) is 2.03. The van der Waals surface area contributed by atoms with Gasteiger partial charge in [-0.15, -0.1) is 0 Å². The van der Waals surface area contributed by atoms with Crippen LogP contribution in [0.2, 0.25) is 0 Å². The van der Waals surface area contributed by atoms with E-state index in [1.807, 2.05) is 42.8 Å². The van der Waals surface area contributed by atoms with Gasteiger partial charge in [-0.2, -0.15) is 0 Å². The van der Waals surface area contributed by atoms with E-state index in [-0.39, 0.29) is 18.4 Å². The number of anilines is 1. The van der Waals surface area contributed by atoms with Crippen molar-refractivity contribution in [3.63, 3.8) is 0 Å². The fourth-order valence-electron chi connectivity index (χ4n) is 3.39. The van der Waals surface area contributed by atoms with Crippen LogP contribution in [0.5, 0.6) is 0 Å². The number of fused-ring (bicyclic) bond motifs is 2. The Balaban J connectivity index is 1.91. The van der Waals surface area contributed by atoms with Gasteiger partial charge in [-0.1, -0.05) is 0 Å². The molecular weight excluding hydrogens is 304 g/mol. The molecule has 1 amide bonds. The van der Waals surface area contributed by atoms with Gasteiger partial charge in [0.05, 0.1) is 23.6 Å². The molecule has 3 aromatic rings. The van der Waals surface area contributed by atoms with Crippen molar-refractivity contribution in [1.29, 1.82) is 0 Å². The third-order valence-corrected chi connectivity index (χ3v) is 4.67. The van der Waals surface area contributed by atoms with Crippen molar-refractivity contribution < 1.29 is 9.90 Å². The van der Waals surface area contributed by atoms with Crippen molar-refractivity contribution in [3.8, 4) is 11.4 Å². The molecule has 0 saturated heterocycles. The fourth-order valence-corrected chi connectivity index (χ4v) is 3.39. The van der Waals surface area contributed by atoms with Crippen LogP contribution < -0.4 is 4.90 Å². The first-order valence-corrected chi connectivity index (χ1v) is 7.95. The minimum absolute atomic E-state index is 0.0295. The maximum Gasteiger partial charge on any atom is 0.234 e. The van der Waals surface area contributed by atoms with Gasteiger partial charge in [0, 0.05) is 37.2 Å². The van der Waals surface area contributed by atoms with Crippen molar-refractivity contribution in [2.75, 3.05) is 18.1 Å². The Morgan fingerprint density at radius 3 is 2.88 bits per heavy atom. The van der Waals surface area contributed by atoms with E-state index in [4.69, 9.17) is 4.98 Å². The van der Waals surface area contributed by atoms with Crippen LogP contribution in [-0.2, 0) is 11.8 Å². The van der Waals surface area contributed by atoms with E-state index in [0.717, 1.165) is 33.7 Å². The van der Waals surface area contributed by atoms with E-state index in [2.05, 4.69) is 4.98 Å². The minimum Gasteiger partial charge on any atom is -0.395 e. The molecule has 1 aliphatic heterocycles. The number of amides is 1. The van der Waals surface area contributed by atoms with Crippen LogP contribution in [0.15, 0.2) is 36.7 Å². The number of aryl methyl sites for hydroxylation is 1. The summed E-state index contributed by atoms with van der Waals surface area (Å²) < 4.78 is 2.01. The summed E-state index contributed by atoms with van der Waals surface area (Å²) in [4.78, 5) is 23.0. The Labute approximate surface area is 139 Å². The second-order valence-corrected chi connectivity index (χ2v) is 6.07. The topological polar surface area (TPSA) is 71.2 Å². The Morgan fingerprint density at radius 2 is 2.17 bits per heavy atom. The average molecular weight is 322 g/mol. The molecule has 0 saturated carbocycles. The highest BCUT2D eigenvalue weighted by Gasteiger charge is 2.34. The number of carbonyl (C=O) groups is 1. The monoisotopic (exact) mass is 322 g/mol. The summed E-state index contributed by atoms with van der Waals surface area (Å²) in [6.07, 6.45) is 3.53. The maximum absolute atomic E-state index is 12.4. The minimum atomic E-state index is -0.209. The average Bonchev–Trinajstić information content (AvgIpc) is 3.05. The van der Waals surface area contributed by atoms with Crippen molar-refractivity contribution >= 4 is 22.6 Å². The predicted molar refractivity (Wildman–Crippen MR) is 91.8 cm³/mol. The van der Waals surface area contributed by atoms with Gasteiger partial charge in [-0.3, -0.25) is 9.78 Å². The van der Waals surface area contributed by atoms with Crippen LogP contribution in [0, 0.1) is 0 Å². The Morgan fingerprint density at radius 1 is 1.33 bits per heavy atom. The molecule has 0 aliphatic carbocycles. The first kappa shape index (κ1) is 14.8. The highest BCUT2D eigenvalue weighted by Crippen LogP contribution is 2.40. The predicted octanol–water partition coefficient (Wildman–Crippen LogP) is 2.08. The van der Waals surface area contributed by atoms with E-state index in [0.29, 0.717) is 6.54 Å². The van der Waals surface area contributed by atoms with Crippen LogP contribution in [0.25, 0.3) is 22.4 Å². The summed E-state index contributed by atoms with van der Waals surface area (Å²) in [7, 11) is 1.96. The molecular formula is C18H18N4O2. The lowest BCUT2D eigenvalue weighted by Gasteiger charge is -2.16. The molecule has 6 nitrogen and oxygen atoms in total. The highest BCUT2D eigenvalue weighted by atomic mass is 16.3. The Kier molecular flexibility index (Phi) is 3.35. The van der Waals surface area contributed by atoms with Gasteiger partial charge >= 0.3 is 0 Å². The van der Waals surface area contributed by atoms with Crippen molar-refractivity contribution in [3.05, 3.63) is 42.2 Å². The molecule has 0 fully saturated rings. The standard InChI is InChI=1S/C18H18N4O2/c1-11-13-8-14-16(9-15(13)22(6-7-23)18(11)24)21(2)17(20-14)12-4-3-5-19-10-12/h3-5,8-11,23H,6-7H2,1-2H3. The maximum atomic E-state index is 12.4. The summed E-state index contributed by atoms with van der Waals surface area (Å²) in [5.41, 5.74) is 4.61. The molecule has 122 valence electrons. The van der Waals surface area contributed by atoms with E-state index in [9.17, 15) is 9.90 Å². The quantitative estimate of drug-likeness (QED) is 0.801. The van der Waals surface area contributed by atoms with Crippen LogP contribution in [0.1, 0.15) is 18.4 Å². The lowest BCUT2D eigenvalue weighted by molar-refractivity contribution is -0.119. The normalized spacial score (nSPS) is 16.9. The molecule has 6 heteroatoms. The van der Waals surface area contributed by atoms with Crippen molar-refractivity contribution in [2.45, 2.75) is 12.8 Å². The van der Waals surface area contributed by atoms with Gasteiger partial charge < -0.3 is 14.6 Å². The zero-order chi connectivity index (χ0) is 16.8. The molecule has 0 bridgehead atoms. The molecule has 0 spiro atoms. The summed E-state index contributed by atoms with van der Waals surface area (Å²) in [5, 5.41) is 9.26. The number of carbonyl (C=O) groups excluding carboxylic acids is 1. The number of nitrogens with zero attached hydrogens (tertiary/aromatic N) is 4. The number of aliphatic hydroxyl groups is 1. The van der Waals surface area contributed by atoms with E-state index < -0.39 is 0 Å². The molecule has 1 aliphatic rings. The molecule has 1 N–H and O–H groups in total. The van der Waals surface area contributed by atoms with E-state index in [1.54, 1.807) is 17.3 Å². The fraction of sp³-hybridized carbons (Fsp3) is 0.278. The zero-order valence-corrected chi connectivity index (χ0v) is 13.6. The second-order valence-electron chi connectivity index (χ2n) is 6.07. The lowest BCUT2D eigenvalue weighted by Crippen LogP contribution is -2.30. The number of rotatable bonds is 3. The van der Waals surface area contributed by atoms with Crippen LogP contribution in [-0.4, -0.2) is 38.7 Å². The van der Waals surface area contributed by atoms with E-state index in [1.165, 1.54) is 0 Å². The second kappa shape index (κ2) is 5.42. The first-order valence-electron chi connectivity index (χ1n) is 7.95. The number of aromatic nitrogens is 3. The largest absolute Gasteiger partial charge is 0.395 e. The first-order chi connectivity index (χ1) is 11.6. The molecule has 4 rings (SSSR count). The van der Waals surface area contributed by atoms with Gasteiger partial charge in [0.1, 0.15) is 5.82 Å². The number of benzene rings is 1. The molecule has 0 radical (unpaired) electrons. The highest BCUT2D eigenvalue weighted by molar-refractivity contribution is 6.07. The number of imidazole rings is 1. The van der Waals surface area contributed by atoms with Gasteiger partial charge in [-0.25, -0.2) is 4.98 Å². The number of hydrogen-bond donors (Lipinski definition) is 1. The summed E-state index contributed by atoms with van der Waals surface area (Å²) >= 11 is 0. The third-order valence-electron chi connectivity index (χ3n) is 4.67. The SMILES string of the molecule is CC1C(=O)N(CCO)c2cc3c(cc21)nc(-c1cccnc1)n3C. The smallest absolute Gasteiger partial charge is 0.234 e. The molecule has 3 heterocycles. The van der Waals surface area contributed by atoms with Gasteiger partial charge in [0.15, 0.2) is 0 Å². The number of hydrogen-bond acceptors (Lipinski definition) is 4. The van der Waals surface area contributed by atoms with Gasteiger partial charge in [0.2, 0.25) is 5.91 Å². The van der Waals surface area contributed by atoms with Crippen LogP contribution in [0.4, 0.5) is 5.69 Å². The molecule has 1 unspecified atom stereocenters. The summed E-state index contributed by atoms with van der Waals surface area (Å²) in [5.74, 6) is 0.663. The van der Waals surface area contributed by atoms with Crippen LogP contribution >= 0.6 is 0 Å². The van der Waals surface area contributed by atoms with E-state index >= 15 is 0 Å². The van der Waals surface area contributed by atoms with Gasteiger partial charge in [0.25, 0.3) is 0 Å². The molecule has 1 aromatic carbocycles. The number of aliphatic hydroxyl groups excluding tert-OH is 1. The van der Waals surface area contributed by atoms with Crippen molar-refractivity contribution in [2.24, 2.45) is 7.05 Å². The zero-order valence-electron chi connectivity index (χ0n) is 13.6. The number of pyridine rings is 1. The summed E-state index contributed by atoms with van der Waals surface area (Å²) in [6.45, 7) is 2.16. The summed E-state index contributed by atoms with van der Waals surface area (Å²) in [6, 6.07) is 7.85. The molecule has 2 aromatic heterocycles. The lowest BCUT2D eigenvalue weighted by atomic mass is 10.0. The number of β-amino-alcohol motifs (C(OH)–C–C–N with tert-alkyl or cyclic N) is 1. The Hall–Kier alpha value is -2.73. The molecule has 24 heavy (non-hydrogen) atoms.